The lowest BCUT2D eigenvalue weighted by Crippen LogP contribution is -2.23. The van der Waals surface area contributed by atoms with Crippen molar-refractivity contribution < 1.29 is 4.39 Å². The fraction of sp³-hybridized carbons (Fsp3) is 0.368. The molecule has 2 aromatic carbocycles. The molecule has 21 heavy (non-hydrogen) atoms. The van der Waals surface area contributed by atoms with E-state index in [1.54, 1.807) is 6.07 Å². The average Bonchev–Trinajstić information content (AvgIpc) is 2.44. The Bertz CT molecular complexity index is 646. The van der Waals surface area contributed by atoms with E-state index in [9.17, 15) is 4.39 Å². The van der Waals surface area contributed by atoms with Gasteiger partial charge in [-0.3, -0.25) is 0 Å². The van der Waals surface area contributed by atoms with Gasteiger partial charge >= 0.3 is 0 Å². The van der Waals surface area contributed by atoms with Gasteiger partial charge in [0.2, 0.25) is 0 Å². The Kier molecular flexibility index (Phi) is 4.79. The molecule has 0 aliphatic carbocycles. The summed E-state index contributed by atoms with van der Waals surface area (Å²) in [5.41, 5.74) is 6.94. The van der Waals surface area contributed by atoms with Crippen molar-refractivity contribution in [3.8, 4) is 0 Å². The van der Waals surface area contributed by atoms with E-state index >= 15 is 0 Å². The molecule has 0 aliphatic rings. The first kappa shape index (κ1) is 15.7. The summed E-state index contributed by atoms with van der Waals surface area (Å²) in [6, 6.07) is 9.96. The van der Waals surface area contributed by atoms with Crippen LogP contribution >= 0.6 is 0 Å². The first-order valence-corrected chi connectivity index (χ1v) is 7.51. The summed E-state index contributed by atoms with van der Waals surface area (Å²) in [6.07, 6.45) is 0. The summed E-state index contributed by atoms with van der Waals surface area (Å²) in [4.78, 5) is 0. The molecule has 2 aromatic rings. The number of nitrogens with one attached hydrogen (secondary N) is 1. The molecule has 1 unspecified atom stereocenters. The third-order valence-electron chi connectivity index (χ3n) is 4.12. The summed E-state index contributed by atoms with van der Waals surface area (Å²) in [5.74, 6) is -0.147. The summed E-state index contributed by atoms with van der Waals surface area (Å²) >= 11 is 0. The Labute approximate surface area is 127 Å². The number of hydrogen-bond donors (Lipinski definition) is 1. The van der Waals surface area contributed by atoms with E-state index in [0.29, 0.717) is 5.56 Å². The van der Waals surface area contributed by atoms with Gasteiger partial charge in [0.1, 0.15) is 5.82 Å². The highest BCUT2D eigenvalue weighted by Gasteiger charge is 2.17. The molecule has 0 saturated carbocycles. The minimum absolute atomic E-state index is 0.105. The van der Waals surface area contributed by atoms with Gasteiger partial charge in [-0.2, -0.15) is 0 Å². The van der Waals surface area contributed by atoms with Crippen molar-refractivity contribution in [2.75, 3.05) is 6.54 Å². The summed E-state index contributed by atoms with van der Waals surface area (Å²) in [6.45, 7) is 11.2. The molecule has 2 heteroatoms. The van der Waals surface area contributed by atoms with E-state index in [2.05, 4.69) is 45.1 Å². The van der Waals surface area contributed by atoms with Gasteiger partial charge in [0, 0.05) is 0 Å². The first-order chi connectivity index (χ1) is 9.93. The second kappa shape index (κ2) is 6.40. The topological polar surface area (TPSA) is 12.0 Å². The van der Waals surface area contributed by atoms with Crippen LogP contribution in [0, 0.1) is 33.5 Å². The second-order valence-corrected chi connectivity index (χ2v) is 5.79. The van der Waals surface area contributed by atoms with Gasteiger partial charge in [0.25, 0.3) is 0 Å². The fourth-order valence-electron chi connectivity index (χ4n) is 2.75. The lowest BCUT2D eigenvalue weighted by molar-refractivity contribution is 0.605. The normalized spacial score (nSPS) is 12.5. The van der Waals surface area contributed by atoms with Gasteiger partial charge < -0.3 is 5.32 Å². The molecule has 0 radical (unpaired) electrons. The first-order valence-electron chi connectivity index (χ1n) is 7.51. The maximum absolute atomic E-state index is 13.5. The van der Waals surface area contributed by atoms with Gasteiger partial charge in [0.05, 0.1) is 6.04 Å². The van der Waals surface area contributed by atoms with Crippen LogP contribution in [0.3, 0.4) is 0 Å². The maximum Gasteiger partial charge on any atom is 0.126 e. The monoisotopic (exact) mass is 285 g/mol. The molecule has 0 aromatic heterocycles. The van der Waals surface area contributed by atoms with Crippen LogP contribution in [0.4, 0.5) is 4.39 Å². The van der Waals surface area contributed by atoms with E-state index in [1.807, 2.05) is 19.1 Å². The lowest BCUT2D eigenvalue weighted by Gasteiger charge is -2.23. The predicted molar refractivity (Wildman–Crippen MR) is 87.3 cm³/mol. The lowest BCUT2D eigenvalue weighted by atomic mass is 9.91. The van der Waals surface area contributed by atoms with E-state index in [-0.39, 0.29) is 11.9 Å². The van der Waals surface area contributed by atoms with Crippen LogP contribution in [0.15, 0.2) is 30.3 Å². The highest BCUT2D eigenvalue weighted by molar-refractivity contribution is 5.43. The molecule has 1 nitrogen and oxygen atoms in total. The molecular weight excluding hydrogens is 261 g/mol. The summed E-state index contributed by atoms with van der Waals surface area (Å²) < 4.78 is 13.5. The highest BCUT2D eigenvalue weighted by atomic mass is 19.1. The standard InChI is InChI=1S/C19H24FN/c1-6-21-19(16-7-8-18(20)15(5)10-16)17-11-13(3)12(2)9-14(17)4/h7-11,19,21H,6H2,1-5H3. The van der Waals surface area contributed by atoms with Crippen LogP contribution in [0.5, 0.6) is 0 Å². The van der Waals surface area contributed by atoms with Crippen LogP contribution in [-0.2, 0) is 0 Å². The van der Waals surface area contributed by atoms with Crippen LogP contribution in [0.25, 0.3) is 0 Å². The van der Waals surface area contributed by atoms with Crippen molar-refractivity contribution in [2.45, 2.75) is 40.7 Å². The van der Waals surface area contributed by atoms with Crippen molar-refractivity contribution in [3.05, 3.63) is 69.5 Å². The molecule has 112 valence electrons. The third-order valence-corrected chi connectivity index (χ3v) is 4.12. The van der Waals surface area contributed by atoms with E-state index in [4.69, 9.17) is 0 Å². The van der Waals surface area contributed by atoms with Crippen molar-refractivity contribution in [3.63, 3.8) is 0 Å². The number of benzene rings is 2. The van der Waals surface area contributed by atoms with Gasteiger partial charge in [-0.05, 0) is 73.7 Å². The van der Waals surface area contributed by atoms with E-state index in [1.165, 1.54) is 22.3 Å². The summed E-state index contributed by atoms with van der Waals surface area (Å²) in [5, 5.41) is 3.53. The van der Waals surface area contributed by atoms with Crippen molar-refractivity contribution >= 4 is 0 Å². The van der Waals surface area contributed by atoms with Gasteiger partial charge in [0.15, 0.2) is 0 Å². The average molecular weight is 285 g/mol. The molecule has 0 amide bonds. The molecule has 1 atom stereocenters. The number of hydrogen-bond acceptors (Lipinski definition) is 1. The van der Waals surface area contributed by atoms with Gasteiger partial charge in [-0.15, -0.1) is 0 Å². The Hall–Kier alpha value is -1.67. The zero-order valence-electron chi connectivity index (χ0n) is 13.5. The molecule has 0 aliphatic heterocycles. The van der Waals surface area contributed by atoms with E-state index < -0.39 is 0 Å². The number of rotatable bonds is 4. The van der Waals surface area contributed by atoms with Crippen LogP contribution in [-0.4, -0.2) is 6.54 Å². The molecule has 0 fully saturated rings. The molecule has 1 N–H and O–H groups in total. The smallest absolute Gasteiger partial charge is 0.126 e. The molecule has 0 spiro atoms. The SMILES string of the molecule is CCNC(c1ccc(F)c(C)c1)c1cc(C)c(C)cc1C. The van der Waals surface area contributed by atoms with Crippen molar-refractivity contribution in [1.29, 1.82) is 0 Å². The Morgan fingerprint density at radius 2 is 1.57 bits per heavy atom. The predicted octanol–water partition coefficient (Wildman–Crippen LogP) is 4.76. The van der Waals surface area contributed by atoms with Crippen LogP contribution in [0.2, 0.25) is 0 Å². The van der Waals surface area contributed by atoms with Crippen molar-refractivity contribution in [1.82, 2.24) is 5.32 Å². The third kappa shape index (κ3) is 3.33. The fourth-order valence-corrected chi connectivity index (χ4v) is 2.75. The zero-order chi connectivity index (χ0) is 15.6. The van der Waals surface area contributed by atoms with Gasteiger partial charge in [-0.25, -0.2) is 4.39 Å². The largest absolute Gasteiger partial charge is 0.307 e. The molecule has 2 rings (SSSR count). The Morgan fingerprint density at radius 3 is 2.19 bits per heavy atom. The molecular formula is C19H24FN. The molecule has 0 saturated heterocycles. The number of halogens is 1. The highest BCUT2D eigenvalue weighted by Crippen LogP contribution is 2.28. The quantitative estimate of drug-likeness (QED) is 0.854. The minimum atomic E-state index is -0.147. The Morgan fingerprint density at radius 1 is 0.905 bits per heavy atom. The minimum Gasteiger partial charge on any atom is -0.307 e. The molecule has 0 heterocycles. The molecule has 0 bridgehead atoms. The number of aryl methyl sites for hydroxylation is 4. The van der Waals surface area contributed by atoms with Crippen LogP contribution < -0.4 is 5.32 Å². The maximum atomic E-state index is 13.5. The van der Waals surface area contributed by atoms with Crippen molar-refractivity contribution in [2.24, 2.45) is 0 Å². The Balaban J connectivity index is 2.52. The second-order valence-electron chi connectivity index (χ2n) is 5.79. The van der Waals surface area contributed by atoms with Crippen LogP contribution in [0.1, 0.15) is 46.3 Å². The zero-order valence-corrected chi connectivity index (χ0v) is 13.5. The van der Waals surface area contributed by atoms with Gasteiger partial charge in [-0.1, -0.05) is 31.2 Å². The summed E-state index contributed by atoms with van der Waals surface area (Å²) in [7, 11) is 0. The van der Waals surface area contributed by atoms with E-state index in [0.717, 1.165) is 12.1 Å².